The van der Waals surface area contributed by atoms with Crippen molar-refractivity contribution < 1.29 is 0 Å². The molecular formula is C18H17N3. The van der Waals surface area contributed by atoms with Gasteiger partial charge in [0.2, 0.25) is 0 Å². The monoisotopic (exact) mass is 275 g/mol. The van der Waals surface area contributed by atoms with Gasteiger partial charge in [-0.15, -0.1) is 0 Å². The summed E-state index contributed by atoms with van der Waals surface area (Å²) >= 11 is 0. The molecule has 1 aromatic rings. The number of benzene rings is 1. The van der Waals surface area contributed by atoms with Crippen LogP contribution >= 0.6 is 0 Å². The van der Waals surface area contributed by atoms with Gasteiger partial charge in [0.25, 0.3) is 0 Å². The second-order valence-corrected chi connectivity index (χ2v) is 5.31. The van der Waals surface area contributed by atoms with Crippen LogP contribution in [-0.2, 0) is 0 Å². The molecule has 0 bridgehead atoms. The Morgan fingerprint density at radius 3 is 2.62 bits per heavy atom. The normalized spacial score (nSPS) is 14.5. The molecule has 0 N–H and O–H groups in total. The third kappa shape index (κ3) is 3.41. The van der Waals surface area contributed by atoms with Crippen LogP contribution in [0, 0.1) is 28.6 Å². The molecule has 0 radical (unpaired) electrons. The number of hydrogen-bond acceptors (Lipinski definition) is 3. The van der Waals surface area contributed by atoms with Gasteiger partial charge in [-0.3, -0.25) is 0 Å². The SMILES string of the molecule is CC(C)CN1C=CC(=CC=C(C#N)C#N)c2ccccc21. The topological polar surface area (TPSA) is 50.8 Å². The molecule has 0 spiro atoms. The van der Waals surface area contributed by atoms with Crippen LogP contribution in [0.1, 0.15) is 19.4 Å². The summed E-state index contributed by atoms with van der Waals surface area (Å²) in [4.78, 5) is 2.23. The lowest BCUT2D eigenvalue weighted by atomic mass is 9.98. The maximum atomic E-state index is 8.80. The van der Waals surface area contributed by atoms with Gasteiger partial charge >= 0.3 is 0 Å². The molecule has 2 rings (SSSR count). The molecule has 0 aliphatic carbocycles. The molecule has 3 nitrogen and oxygen atoms in total. The van der Waals surface area contributed by atoms with Crippen molar-refractivity contribution in [2.24, 2.45) is 5.92 Å². The smallest absolute Gasteiger partial charge is 0.129 e. The Hall–Kier alpha value is -2.78. The molecule has 0 aromatic heterocycles. The van der Waals surface area contributed by atoms with Crippen LogP contribution < -0.4 is 4.90 Å². The zero-order valence-corrected chi connectivity index (χ0v) is 12.2. The van der Waals surface area contributed by atoms with Crippen molar-refractivity contribution in [2.75, 3.05) is 11.4 Å². The molecule has 0 unspecified atom stereocenters. The predicted molar refractivity (Wildman–Crippen MR) is 85.1 cm³/mol. The molecule has 1 aliphatic rings. The average molecular weight is 275 g/mol. The average Bonchev–Trinajstić information content (AvgIpc) is 2.49. The minimum atomic E-state index is 0.109. The molecule has 21 heavy (non-hydrogen) atoms. The molecule has 1 aromatic carbocycles. The number of nitrogens with zero attached hydrogens (tertiary/aromatic N) is 3. The maximum Gasteiger partial charge on any atom is 0.129 e. The molecule has 0 atom stereocenters. The number of fused-ring (bicyclic) bond motifs is 1. The van der Waals surface area contributed by atoms with E-state index in [1.807, 2.05) is 36.4 Å². The molecular weight excluding hydrogens is 258 g/mol. The van der Waals surface area contributed by atoms with Gasteiger partial charge in [0.05, 0.1) is 0 Å². The highest BCUT2D eigenvalue weighted by Crippen LogP contribution is 2.33. The Labute approximate surface area is 125 Å². The van der Waals surface area contributed by atoms with Crippen LogP contribution in [-0.4, -0.2) is 6.54 Å². The van der Waals surface area contributed by atoms with E-state index in [0.717, 1.165) is 23.4 Å². The molecule has 104 valence electrons. The van der Waals surface area contributed by atoms with Crippen molar-refractivity contribution in [3.63, 3.8) is 0 Å². The third-order valence-corrected chi connectivity index (χ3v) is 3.19. The number of nitriles is 2. The Bertz CT molecular complexity index is 678. The zero-order chi connectivity index (χ0) is 15.2. The lowest BCUT2D eigenvalue weighted by molar-refractivity contribution is 0.648. The third-order valence-electron chi connectivity index (χ3n) is 3.19. The van der Waals surface area contributed by atoms with Crippen LogP contribution in [0.2, 0.25) is 0 Å². The second-order valence-electron chi connectivity index (χ2n) is 5.31. The standard InChI is InChI=1S/C18H17N3/c1-14(2)13-21-10-9-16(8-7-15(11-19)12-20)17-5-3-4-6-18(17)21/h3-10,14H,13H2,1-2H3. The van der Waals surface area contributed by atoms with E-state index >= 15 is 0 Å². The van der Waals surface area contributed by atoms with Crippen LogP contribution in [0.5, 0.6) is 0 Å². The van der Waals surface area contributed by atoms with Crippen molar-refractivity contribution >= 4 is 11.3 Å². The minimum absolute atomic E-state index is 0.109. The van der Waals surface area contributed by atoms with Crippen molar-refractivity contribution in [2.45, 2.75) is 13.8 Å². The fourth-order valence-electron chi connectivity index (χ4n) is 2.28. The van der Waals surface area contributed by atoms with Gasteiger partial charge in [0.15, 0.2) is 0 Å². The van der Waals surface area contributed by atoms with E-state index in [1.165, 1.54) is 0 Å². The largest absolute Gasteiger partial charge is 0.347 e. The lowest BCUT2D eigenvalue weighted by Crippen LogP contribution is -2.24. The Kier molecular flexibility index (Phi) is 4.59. The number of allylic oxidation sites excluding steroid dienone is 5. The van der Waals surface area contributed by atoms with Gasteiger partial charge in [-0.1, -0.05) is 38.1 Å². The number of hydrogen-bond donors (Lipinski definition) is 0. The molecule has 0 saturated heterocycles. The zero-order valence-electron chi connectivity index (χ0n) is 12.2. The van der Waals surface area contributed by atoms with Crippen LogP contribution in [0.25, 0.3) is 5.57 Å². The maximum absolute atomic E-state index is 8.80. The van der Waals surface area contributed by atoms with E-state index in [1.54, 1.807) is 6.08 Å². The highest BCUT2D eigenvalue weighted by atomic mass is 15.1. The molecule has 0 amide bonds. The van der Waals surface area contributed by atoms with E-state index in [9.17, 15) is 0 Å². The fraction of sp³-hybridized carbons (Fsp3) is 0.222. The lowest BCUT2D eigenvalue weighted by Gasteiger charge is -2.29. The summed E-state index contributed by atoms with van der Waals surface area (Å²) in [5.41, 5.74) is 3.39. The quantitative estimate of drug-likeness (QED) is 0.782. The molecule has 1 aliphatic heterocycles. The van der Waals surface area contributed by atoms with Gasteiger partial charge in [0, 0.05) is 24.0 Å². The van der Waals surface area contributed by atoms with E-state index in [-0.39, 0.29) is 5.57 Å². The predicted octanol–water partition coefficient (Wildman–Crippen LogP) is 4.03. The Balaban J connectivity index is 2.41. The molecule has 0 fully saturated rings. The van der Waals surface area contributed by atoms with Crippen LogP contribution in [0.4, 0.5) is 5.69 Å². The van der Waals surface area contributed by atoms with Crippen molar-refractivity contribution in [3.8, 4) is 12.1 Å². The number of para-hydroxylation sites is 1. The summed E-state index contributed by atoms with van der Waals surface area (Å²) in [5, 5.41) is 17.6. The van der Waals surface area contributed by atoms with E-state index in [0.29, 0.717) is 5.92 Å². The number of anilines is 1. The van der Waals surface area contributed by atoms with Crippen LogP contribution in [0.3, 0.4) is 0 Å². The minimum Gasteiger partial charge on any atom is -0.347 e. The summed E-state index contributed by atoms with van der Waals surface area (Å²) in [7, 11) is 0. The van der Waals surface area contributed by atoms with Crippen molar-refractivity contribution in [1.29, 1.82) is 10.5 Å². The molecule has 3 heteroatoms. The van der Waals surface area contributed by atoms with Gasteiger partial charge < -0.3 is 4.90 Å². The summed E-state index contributed by atoms with van der Waals surface area (Å²) in [6.07, 6.45) is 7.46. The first kappa shape index (κ1) is 14.6. The first-order valence-corrected chi connectivity index (χ1v) is 6.92. The first-order chi connectivity index (χ1) is 10.2. The summed E-state index contributed by atoms with van der Waals surface area (Å²) in [6, 6.07) is 11.9. The van der Waals surface area contributed by atoms with Gasteiger partial charge in [-0.05, 0) is 29.7 Å². The van der Waals surface area contributed by atoms with Gasteiger partial charge in [0.1, 0.15) is 17.7 Å². The van der Waals surface area contributed by atoms with Crippen molar-refractivity contribution in [3.05, 3.63) is 59.8 Å². The highest BCUT2D eigenvalue weighted by Gasteiger charge is 2.15. The summed E-state index contributed by atoms with van der Waals surface area (Å²) in [6.45, 7) is 5.34. The second kappa shape index (κ2) is 6.59. The summed E-state index contributed by atoms with van der Waals surface area (Å²) in [5.74, 6) is 0.567. The van der Waals surface area contributed by atoms with Gasteiger partial charge in [-0.2, -0.15) is 10.5 Å². The molecule has 1 heterocycles. The Morgan fingerprint density at radius 1 is 1.24 bits per heavy atom. The van der Waals surface area contributed by atoms with E-state index in [2.05, 4.69) is 37.1 Å². The van der Waals surface area contributed by atoms with Gasteiger partial charge in [-0.25, -0.2) is 0 Å². The van der Waals surface area contributed by atoms with E-state index in [4.69, 9.17) is 10.5 Å². The van der Waals surface area contributed by atoms with E-state index < -0.39 is 0 Å². The molecule has 0 saturated carbocycles. The number of rotatable bonds is 3. The Morgan fingerprint density at radius 2 is 1.95 bits per heavy atom. The highest BCUT2D eigenvalue weighted by molar-refractivity contribution is 5.87. The fourth-order valence-corrected chi connectivity index (χ4v) is 2.28. The van der Waals surface area contributed by atoms with Crippen LogP contribution in [0.15, 0.2) is 54.3 Å². The summed E-state index contributed by atoms with van der Waals surface area (Å²) < 4.78 is 0. The first-order valence-electron chi connectivity index (χ1n) is 6.92. The van der Waals surface area contributed by atoms with Crippen molar-refractivity contribution in [1.82, 2.24) is 0 Å².